The first kappa shape index (κ1) is 18.8. The predicted octanol–water partition coefficient (Wildman–Crippen LogP) is 4.33. The van der Waals surface area contributed by atoms with Crippen molar-refractivity contribution in [1.82, 2.24) is 14.8 Å². The SMILES string of the molecule is Cc1cc(C)c2nc(N(CCn3cccn3)C(=O)c3ccc(C#N)cc3)sc2c1. The molecule has 0 bridgehead atoms. The molecule has 4 aromatic rings. The molecule has 0 saturated heterocycles. The molecule has 6 nitrogen and oxygen atoms in total. The van der Waals surface area contributed by atoms with E-state index in [9.17, 15) is 4.79 Å². The number of hydrogen-bond acceptors (Lipinski definition) is 5. The number of nitrogens with zero attached hydrogens (tertiary/aromatic N) is 5. The molecule has 2 heterocycles. The van der Waals surface area contributed by atoms with Crippen LogP contribution in [0.4, 0.5) is 5.13 Å². The summed E-state index contributed by atoms with van der Waals surface area (Å²) in [6, 6.07) is 14.8. The summed E-state index contributed by atoms with van der Waals surface area (Å²) in [6.45, 7) is 5.10. The van der Waals surface area contributed by atoms with Gasteiger partial charge in [0, 0.05) is 24.5 Å². The molecule has 1 amide bonds. The fraction of sp³-hybridized carbons (Fsp3) is 0.182. The van der Waals surface area contributed by atoms with Crippen LogP contribution in [-0.4, -0.2) is 27.2 Å². The Labute approximate surface area is 172 Å². The predicted molar refractivity (Wildman–Crippen MR) is 114 cm³/mol. The Bertz CT molecular complexity index is 1200. The number of benzene rings is 2. The van der Waals surface area contributed by atoms with Crippen molar-refractivity contribution in [1.29, 1.82) is 5.26 Å². The number of amides is 1. The van der Waals surface area contributed by atoms with Gasteiger partial charge in [0.15, 0.2) is 5.13 Å². The number of thiazole rings is 1. The number of hydrogen-bond donors (Lipinski definition) is 0. The van der Waals surface area contributed by atoms with E-state index < -0.39 is 0 Å². The molecule has 144 valence electrons. The van der Waals surface area contributed by atoms with Crippen molar-refractivity contribution >= 4 is 32.6 Å². The van der Waals surface area contributed by atoms with Crippen molar-refractivity contribution in [3.05, 3.63) is 77.1 Å². The van der Waals surface area contributed by atoms with Gasteiger partial charge in [-0.05, 0) is 61.4 Å². The molecule has 7 heteroatoms. The van der Waals surface area contributed by atoms with Crippen LogP contribution in [0.25, 0.3) is 10.2 Å². The molecule has 2 aromatic carbocycles. The molecule has 2 aromatic heterocycles. The summed E-state index contributed by atoms with van der Waals surface area (Å²) < 4.78 is 2.86. The summed E-state index contributed by atoms with van der Waals surface area (Å²) in [5.41, 5.74) is 4.24. The van der Waals surface area contributed by atoms with E-state index in [1.807, 2.05) is 19.2 Å². The van der Waals surface area contributed by atoms with Crippen molar-refractivity contribution in [2.24, 2.45) is 0 Å². The highest BCUT2D eigenvalue weighted by atomic mass is 32.1. The highest BCUT2D eigenvalue weighted by Crippen LogP contribution is 2.32. The summed E-state index contributed by atoms with van der Waals surface area (Å²) in [5, 5.41) is 13.9. The van der Waals surface area contributed by atoms with Gasteiger partial charge in [-0.2, -0.15) is 10.4 Å². The van der Waals surface area contributed by atoms with Crippen LogP contribution in [0.1, 0.15) is 27.0 Å². The van der Waals surface area contributed by atoms with E-state index in [2.05, 4.69) is 30.2 Å². The molecule has 0 aliphatic rings. The molecule has 0 N–H and O–H groups in total. The number of fused-ring (bicyclic) bond motifs is 1. The highest BCUT2D eigenvalue weighted by Gasteiger charge is 2.22. The van der Waals surface area contributed by atoms with Gasteiger partial charge in [0.1, 0.15) is 0 Å². The minimum absolute atomic E-state index is 0.143. The maximum Gasteiger partial charge on any atom is 0.260 e. The van der Waals surface area contributed by atoms with Crippen LogP contribution in [0, 0.1) is 25.2 Å². The van der Waals surface area contributed by atoms with E-state index in [0.29, 0.717) is 29.3 Å². The molecule has 0 aliphatic heterocycles. The van der Waals surface area contributed by atoms with E-state index in [1.165, 1.54) is 16.9 Å². The lowest BCUT2D eigenvalue weighted by Gasteiger charge is -2.20. The quantitative estimate of drug-likeness (QED) is 0.499. The second kappa shape index (κ2) is 7.86. The average Bonchev–Trinajstić information content (AvgIpc) is 3.38. The number of carbonyl (C=O) groups is 1. The maximum absolute atomic E-state index is 13.3. The Morgan fingerprint density at radius 2 is 2.03 bits per heavy atom. The van der Waals surface area contributed by atoms with Crippen molar-refractivity contribution < 1.29 is 4.79 Å². The van der Waals surface area contributed by atoms with Crippen molar-refractivity contribution in [2.45, 2.75) is 20.4 Å². The number of rotatable bonds is 5. The van der Waals surface area contributed by atoms with Crippen LogP contribution < -0.4 is 4.90 Å². The Morgan fingerprint density at radius 1 is 1.24 bits per heavy atom. The summed E-state index contributed by atoms with van der Waals surface area (Å²) in [5.74, 6) is -0.143. The lowest BCUT2D eigenvalue weighted by atomic mass is 10.1. The Kier molecular flexibility index (Phi) is 5.10. The van der Waals surface area contributed by atoms with Gasteiger partial charge in [-0.25, -0.2) is 4.98 Å². The molecule has 0 radical (unpaired) electrons. The number of aromatic nitrogens is 3. The van der Waals surface area contributed by atoms with E-state index in [4.69, 9.17) is 10.2 Å². The zero-order valence-corrected chi connectivity index (χ0v) is 17.0. The molecule has 0 spiro atoms. The van der Waals surface area contributed by atoms with Crippen LogP contribution in [0.5, 0.6) is 0 Å². The van der Waals surface area contributed by atoms with Gasteiger partial charge >= 0.3 is 0 Å². The van der Waals surface area contributed by atoms with Crippen LogP contribution >= 0.6 is 11.3 Å². The minimum Gasteiger partial charge on any atom is -0.282 e. The standard InChI is InChI=1S/C22H19N5OS/c1-15-12-16(2)20-19(13-15)29-22(25-20)27(11-10-26-9-3-8-24-26)21(28)18-6-4-17(14-23)5-7-18/h3-9,12-13H,10-11H2,1-2H3. The fourth-order valence-corrected chi connectivity index (χ4v) is 4.40. The molecule has 0 saturated carbocycles. The lowest BCUT2D eigenvalue weighted by molar-refractivity contribution is 0.0986. The largest absolute Gasteiger partial charge is 0.282 e. The van der Waals surface area contributed by atoms with E-state index in [0.717, 1.165) is 15.8 Å². The average molecular weight is 401 g/mol. The first-order chi connectivity index (χ1) is 14.0. The van der Waals surface area contributed by atoms with Gasteiger partial charge in [-0.1, -0.05) is 17.4 Å². The third kappa shape index (κ3) is 3.89. The third-order valence-electron chi connectivity index (χ3n) is 4.67. The molecule has 0 atom stereocenters. The maximum atomic E-state index is 13.3. The van der Waals surface area contributed by atoms with Gasteiger partial charge in [0.25, 0.3) is 5.91 Å². The van der Waals surface area contributed by atoms with Crippen molar-refractivity contribution in [3.8, 4) is 6.07 Å². The number of carbonyl (C=O) groups excluding carboxylic acids is 1. The van der Waals surface area contributed by atoms with Gasteiger partial charge in [0.2, 0.25) is 0 Å². The Hall–Kier alpha value is -3.50. The molecule has 0 fully saturated rings. The zero-order chi connectivity index (χ0) is 20.4. The fourth-order valence-electron chi connectivity index (χ4n) is 3.24. The lowest BCUT2D eigenvalue weighted by Crippen LogP contribution is -2.34. The van der Waals surface area contributed by atoms with Gasteiger partial charge < -0.3 is 0 Å². The number of aryl methyl sites for hydroxylation is 2. The molecule has 0 unspecified atom stereocenters. The van der Waals surface area contributed by atoms with Crippen LogP contribution in [0.3, 0.4) is 0 Å². The van der Waals surface area contributed by atoms with E-state index in [-0.39, 0.29) is 5.91 Å². The molecular formula is C22H19N5OS. The van der Waals surface area contributed by atoms with Crippen molar-refractivity contribution in [2.75, 3.05) is 11.4 Å². The second-order valence-electron chi connectivity index (χ2n) is 6.84. The second-order valence-corrected chi connectivity index (χ2v) is 7.85. The van der Waals surface area contributed by atoms with E-state index in [1.54, 1.807) is 40.0 Å². The zero-order valence-electron chi connectivity index (χ0n) is 16.2. The van der Waals surface area contributed by atoms with Gasteiger partial charge in [-0.15, -0.1) is 0 Å². The summed E-state index contributed by atoms with van der Waals surface area (Å²) in [6.07, 6.45) is 3.59. The number of nitriles is 1. The highest BCUT2D eigenvalue weighted by molar-refractivity contribution is 7.22. The summed E-state index contributed by atoms with van der Waals surface area (Å²) in [4.78, 5) is 19.8. The number of anilines is 1. The summed E-state index contributed by atoms with van der Waals surface area (Å²) in [7, 11) is 0. The van der Waals surface area contributed by atoms with Gasteiger partial charge in [-0.3, -0.25) is 14.4 Å². The van der Waals surface area contributed by atoms with Gasteiger partial charge in [0.05, 0.1) is 28.4 Å². The Morgan fingerprint density at radius 3 is 2.72 bits per heavy atom. The molecule has 0 aliphatic carbocycles. The van der Waals surface area contributed by atoms with Crippen LogP contribution in [-0.2, 0) is 6.54 Å². The molecule has 4 rings (SSSR count). The Balaban J connectivity index is 1.72. The topological polar surface area (TPSA) is 74.8 Å². The first-order valence-electron chi connectivity index (χ1n) is 9.22. The molecule has 29 heavy (non-hydrogen) atoms. The smallest absolute Gasteiger partial charge is 0.260 e. The normalized spacial score (nSPS) is 10.8. The summed E-state index contributed by atoms with van der Waals surface area (Å²) >= 11 is 1.51. The first-order valence-corrected chi connectivity index (χ1v) is 10.0. The van der Waals surface area contributed by atoms with Crippen LogP contribution in [0.2, 0.25) is 0 Å². The minimum atomic E-state index is -0.143. The van der Waals surface area contributed by atoms with Crippen LogP contribution in [0.15, 0.2) is 54.9 Å². The molecular weight excluding hydrogens is 382 g/mol. The van der Waals surface area contributed by atoms with Crippen molar-refractivity contribution in [3.63, 3.8) is 0 Å². The third-order valence-corrected chi connectivity index (χ3v) is 5.69. The van der Waals surface area contributed by atoms with E-state index >= 15 is 0 Å². The monoisotopic (exact) mass is 401 g/mol.